The van der Waals surface area contributed by atoms with Gasteiger partial charge >= 0.3 is 5.69 Å². The Bertz CT molecular complexity index is 834. The lowest BCUT2D eigenvalue weighted by molar-refractivity contribution is -0.385. The number of hydrogen-bond donors (Lipinski definition) is 0. The molecule has 0 aliphatic heterocycles. The Morgan fingerprint density at radius 2 is 1.81 bits per heavy atom. The SMILES string of the molecule is CN(Cc1ccc(N(C)C)cc1)C(=O)COc1ccc(C=O)cc1[N+](=O)[O-]. The van der Waals surface area contributed by atoms with Crippen LogP contribution in [0.4, 0.5) is 11.4 Å². The van der Waals surface area contributed by atoms with Crippen molar-refractivity contribution in [3.63, 3.8) is 0 Å². The summed E-state index contributed by atoms with van der Waals surface area (Å²) in [6.07, 6.45) is 0.511. The van der Waals surface area contributed by atoms with E-state index in [9.17, 15) is 19.7 Å². The number of nitrogens with zero attached hydrogens (tertiary/aromatic N) is 3. The Morgan fingerprint density at radius 3 is 2.37 bits per heavy atom. The number of amides is 1. The zero-order valence-electron chi connectivity index (χ0n) is 15.4. The quantitative estimate of drug-likeness (QED) is 0.402. The summed E-state index contributed by atoms with van der Waals surface area (Å²) in [6, 6.07) is 11.6. The number of carbonyl (C=O) groups is 2. The number of benzene rings is 2. The largest absolute Gasteiger partial charge is 0.477 e. The third kappa shape index (κ3) is 5.27. The van der Waals surface area contributed by atoms with Crippen molar-refractivity contribution in [2.24, 2.45) is 0 Å². The van der Waals surface area contributed by atoms with Crippen LogP contribution in [0.15, 0.2) is 42.5 Å². The lowest BCUT2D eigenvalue weighted by Crippen LogP contribution is -2.31. The van der Waals surface area contributed by atoms with E-state index in [1.54, 1.807) is 7.05 Å². The van der Waals surface area contributed by atoms with Crippen molar-refractivity contribution in [3.8, 4) is 5.75 Å². The van der Waals surface area contributed by atoms with Crippen LogP contribution >= 0.6 is 0 Å². The molecule has 8 heteroatoms. The maximum atomic E-state index is 12.3. The second-order valence-corrected chi connectivity index (χ2v) is 6.20. The lowest BCUT2D eigenvalue weighted by Gasteiger charge is -2.18. The average molecular weight is 371 g/mol. The second kappa shape index (κ2) is 8.79. The lowest BCUT2D eigenvalue weighted by atomic mass is 10.2. The van der Waals surface area contributed by atoms with Gasteiger partial charge in [-0.1, -0.05) is 12.1 Å². The van der Waals surface area contributed by atoms with Gasteiger partial charge in [-0.05, 0) is 29.8 Å². The third-order valence-corrected chi connectivity index (χ3v) is 3.97. The highest BCUT2D eigenvalue weighted by atomic mass is 16.6. The highest BCUT2D eigenvalue weighted by molar-refractivity contribution is 5.79. The van der Waals surface area contributed by atoms with Gasteiger partial charge in [0.15, 0.2) is 12.4 Å². The number of ether oxygens (including phenoxy) is 1. The zero-order chi connectivity index (χ0) is 20.0. The standard InChI is InChI=1S/C19H21N3O5/c1-20(2)16-7-4-14(5-8-16)11-21(3)19(24)13-27-18-9-6-15(12-23)10-17(18)22(25)26/h4-10,12H,11,13H2,1-3H3. The summed E-state index contributed by atoms with van der Waals surface area (Å²) < 4.78 is 5.31. The van der Waals surface area contributed by atoms with E-state index in [0.29, 0.717) is 12.8 Å². The number of rotatable bonds is 8. The number of hydrogen-bond acceptors (Lipinski definition) is 6. The molecular formula is C19H21N3O5. The molecule has 0 saturated heterocycles. The van der Waals surface area contributed by atoms with E-state index in [1.807, 2.05) is 43.3 Å². The Labute approximate surface area is 157 Å². The van der Waals surface area contributed by atoms with Crippen LogP contribution in [0.5, 0.6) is 5.75 Å². The molecule has 1 amide bonds. The molecule has 0 unspecified atom stereocenters. The van der Waals surface area contributed by atoms with Crippen LogP contribution in [0, 0.1) is 10.1 Å². The highest BCUT2D eigenvalue weighted by Crippen LogP contribution is 2.27. The molecule has 0 N–H and O–H groups in total. The van der Waals surface area contributed by atoms with Crippen LogP contribution in [0.1, 0.15) is 15.9 Å². The predicted molar refractivity (Wildman–Crippen MR) is 101 cm³/mol. The van der Waals surface area contributed by atoms with Crippen LogP contribution in [0.3, 0.4) is 0 Å². The summed E-state index contributed by atoms with van der Waals surface area (Å²) in [5.41, 5.74) is 1.83. The van der Waals surface area contributed by atoms with Crippen molar-refractivity contribution in [1.82, 2.24) is 4.90 Å². The Morgan fingerprint density at radius 1 is 1.15 bits per heavy atom. The van der Waals surface area contributed by atoms with E-state index in [1.165, 1.54) is 17.0 Å². The van der Waals surface area contributed by atoms with E-state index in [-0.39, 0.29) is 29.5 Å². The Balaban J connectivity index is 1.98. The van der Waals surface area contributed by atoms with Crippen molar-refractivity contribution >= 4 is 23.6 Å². The molecule has 0 bridgehead atoms. The molecule has 0 saturated carbocycles. The van der Waals surface area contributed by atoms with Crippen molar-refractivity contribution in [2.45, 2.75) is 6.54 Å². The summed E-state index contributed by atoms with van der Waals surface area (Å²) >= 11 is 0. The topological polar surface area (TPSA) is 93.0 Å². The predicted octanol–water partition coefficient (Wildman–Crippen LogP) is 2.51. The highest BCUT2D eigenvalue weighted by Gasteiger charge is 2.18. The fourth-order valence-corrected chi connectivity index (χ4v) is 2.38. The molecule has 0 atom stereocenters. The Kier molecular flexibility index (Phi) is 6.48. The molecule has 0 spiro atoms. The normalized spacial score (nSPS) is 10.2. The molecule has 27 heavy (non-hydrogen) atoms. The van der Waals surface area contributed by atoms with E-state index in [2.05, 4.69) is 0 Å². The molecule has 0 aliphatic carbocycles. The van der Waals surface area contributed by atoms with Gasteiger partial charge in [0, 0.05) is 45.0 Å². The van der Waals surface area contributed by atoms with Crippen LogP contribution in [-0.2, 0) is 11.3 Å². The molecule has 0 fully saturated rings. The summed E-state index contributed by atoms with van der Waals surface area (Å²) in [6.45, 7) is 0.0512. The number of anilines is 1. The van der Waals surface area contributed by atoms with Crippen LogP contribution in [0.2, 0.25) is 0 Å². The van der Waals surface area contributed by atoms with Gasteiger partial charge in [0.25, 0.3) is 5.91 Å². The molecule has 2 aromatic carbocycles. The molecule has 8 nitrogen and oxygen atoms in total. The minimum atomic E-state index is -0.650. The number of nitro benzene ring substituents is 1. The Hall–Kier alpha value is -3.42. The van der Waals surface area contributed by atoms with E-state index in [0.717, 1.165) is 17.3 Å². The zero-order valence-corrected chi connectivity index (χ0v) is 15.4. The third-order valence-electron chi connectivity index (χ3n) is 3.97. The molecular weight excluding hydrogens is 350 g/mol. The van der Waals surface area contributed by atoms with Crippen molar-refractivity contribution in [2.75, 3.05) is 32.6 Å². The first kappa shape index (κ1) is 19.9. The molecule has 0 aromatic heterocycles. The van der Waals surface area contributed by atoms with Crippen LogP contribution in [-0.4, -0.2) is 49.8 Å². The molecule has 0 heterocycles. The first-order valence-electron chi connectivity index (χ1n) is 8.18. The van der Waals surface area contributed by atoms with Gasteiger partial charge in [-0.3, -0.25) is 19.7 Å². The smallest absolute Gasteiger partial charge is 0.311 e. The maximum absolute atomic E-state index is 12.3. The van der Waals surface area contributed by atoms with E-state index in [4.69, 9.17) is 4.74 Å². The van der Waals surface area contributed by atoms with Gasteiger partial charge in [-0.2, -0.15) is 0 Å². The summed E-state index contributed by atoms with van der Waals surface area (Å²) in [7, 11) is 5.53. The molecule has 2 rings (SSSR count). The van der Waals surface area contributed by atoms with Gasteiger partial charge in [0.05, 0.1) is 4.92 Å². The van der Waals surface area contributed by atoms with Gasteiger partial charge < -0.3 is 14.5 Å². The molecule has 142 valence electrons. The summed E-state index contributed by atoms with van der Waals surface area (Å²) in [5, 5.41) is 11.1. The average Bonchev–Trinajstić information content (AvgIpc) is 2.66. The van der Waals surface area contributed by atoms with Crippen LogP contribution < -0.4 is 9.64 Å². The van der Waals surface area contributed by atoms with Crippen molar-refractivity contribution < 1.29 is 19.2 Å². The summed E-state index contributed by atoms with van der Waals surface area (Å²) in [4.78, 5) is 36.9. The molecule has 2 aromatic rings. The van der Waals surface area contributed by atoms with Gasteiger partial charge in [0.2, 0.25) is 0 Å². The number of likely N-dealkylation sites (N-methyl/N-ethyl adjacent to an activating group) is 1. The fraction of sp³-hybridized carbons (Fsp3) is 0.263. The monoisotopic (exact) mass is 371 g/mol. The van der Waals surface area contributed by atoms with Crippen LogP contribution in [0.25, 0.3) is 0 Å². The fourth-order valence-electron chi connectivity index (χ4n) is 2.38. The second-order valence-electron chi connectivity index (χ2n) is 6.20. The number of aldehydes is 1. The van der Waals surface area contributed by atoms with Gasteiger partial charge in [-0.15, -0.1) is 0 Å². The maximum Gasteiger partial charge on any atom is 0.311 e. The van der Waals surface area contributed by atoms with Crippen molar-refractivity contribution in [3.05, 3.63) is 63.7 Å². The number of carbonyl (C=O) groups excluding carboxylic acids is 2. The first-order valence-corrected chi connectivity index (χ1v) is 8.18. The van der Waals surface area contributed by atoms with Gasteiger partial charge in [0.1, 0.15) is 6.29 Å². The molecule has 0 aliphatic rings. The molecule has 0 radical (unpaired) electrons. The van der Waals surface area contributed by atoms with Gasteiger partial charge in [-0.25, -0.2) is 0 Å². The van der Waals surface area contributed by atoms with E-state index >= 15 is 0 Å². The van der Waals surface area contributed by atoms with Crippen molar-refractivity contribution in [1.29, 1.82) is 0 Å². The minimum Gasteiger partial charge on any atom is -0.477 e. The van der Waals surface area contributed by atoms with E-state index < -0.39 is 4.92 Å². The minimum absolute atomic E-state index is 0.0531. The summed E-state index contributed by atoms with van der Waals surface area (Å²) in [5.74, 6) is -0.372. The first-order chi connectivity index (χ1) is 12.8. The number of nitro groups is 1.